The van der Waals surface area contributed by atoms with Crippen LogP contribution in [0.25, 0.3) is 0 Å². The molecule has 1 heterocycles. The van der Waals surface area contributed by atoms with Gasteiger partial charge in [-0.15, -0.1) is 0 Å². The molecule has 0 spiro atoms. The Kier molecular flexibility index (Phi) is 5.60. The quantitative estimate of drug-likeness (QED) is 0.687. The summed E-state index contributed by atoms with van der Waals surface area (Å²) >= 11 is 0. The third-order valence-electron chi connectivity index (χ3n) is 2.76. The van der Waals surface area contributed by atoms with Gasteiger partial charge in [0.2, 0.25) is 0 Å². The fraction of sp³-hybridized carbons (Fsp3) is 1.00. The number of aliphatic hydroxyl groups is 1. The van der Waals surface area contributed by atoms with Gasteiger partial charge in [-0.25, -0.2) is 0 Å². The summed E-state index contributed by atoms with van der Waals surface area (Å²) in [5.41, 5.74) is 0. The predicted octanol–water partition coefficient (Wildman–Crippen LogP) is -0.605. The van der Waals surface area contributed by atoms with Gasteiger partial charge in [0.05, 0.1) is 6.61 Å². The van der Waals surface area contributed by atoms with Crippen LogP contribution < -0.4 is 0 Å². The molecule has 6 heteroatoms. The highest BCUT2D eigenvalue weighted by atomic mass is 16.7. The fourth-order valence-corrected chi connectivity index (χ4v) is 2.00. The molecule has 6 nitrogen and oxygen atoms in total. The van der Waals surface area contributed by atoms with Gasteiger partial charge in [-0.05, 0) is 0 Å². The minimum absolute atomic E-state index is 0.325. The Morgan fingerprint density at radius 2 is 1.50 bits per heavy atom. The summed E-state index contributed by atoms with van der Waals surface area (Å²) in [5.74, 6) is 0. The molecule has 0 aromatic carbocycles. The summed E-state index contributed by atoms with van der Waals surface area (Å²) in [6.07, 6.45) is -2.71. The number of ether oxygens (including phenoxy) is 5. The van der Waals surface area contributed by atoms with Crippen molar-refractivity contribution in [2.45, 2.75) is 30.7 Å². The van der Waals surface area contributed by atoms with Crippen LogP contribution in [0.2, 0.25) is 0 Å². The van der Waals surface area contributed by atoms with E-state index in [1.54, 1.807) is 21.3 Å². The van der Waals surface area contributed by atoms with E-state index in [4.69, 9.17) is 23.7 Å². The maximum atomic E-state index is 9.74. The normalized spacial score (nSPS) is 39.9. The van der Waals surface area contributed by atoms with E-state index < -0.39 is 12.4 Å². The van der Waals surface area contributed by atoms with Crippen LogP contribution in [0.5, 0.6) is 0 Å². The van der Waals surface area contributed by atoms with Crippen molar-refractivity contribution in [3.05, 3.63) is 0 Å². The van der Waals surface area contributed by atoms with Crippen molar-refractivity contribution >= 4 is 0 Å². The first-order valence-electron chi connectivity index (χ1n) is 5.10. The number of rotatable bonds is 5. The summed E-state index contributed by atoms with van der Waals surface area (Å²) in [6, 6.07) is 0. The van der Waals surface area contributed by atoms with Crippen molar-refractivity contribution < 1.29 is 28.8 Å². The number of hydrogen-bond donors (Lipinski definition) is 1. The molecular formula is C10H20O6. The zero-order valence-corrected chi connectivity index (χ0v) is 10.1. The lowest BCUT2D eigenvalue weighted by Gasteiger charge is -2.42. The zero-order chi connectivity index (χ0) is 12.1. The molecule has 0 saturated carbocycles. The van der Waals surface area contributed by atoms with Gasteiger partial charge < -0.3 is 28.8 Å². The zero-order valence-electron chi connectivity index (χ0n) is 10.1. The Labute approximate surface area is 95.4 Å². The number of hydrogen-bond acceptors (Lipinski definition) is 6. The fourth-order valence-electron chi connectivity index (χ4n) is 2.00. The highest BCUT2D eigenvalue weighted by molar-refractivity contribution is 4.91. The molecule has 0 aromatic heterocycles. The average Bonchev–Trinajstić information content (AvgIpc) is 2.28. The minimum Gasteiger partial charge on any atom is -0.382 e. The Balaban J connectivity index is 2.78. The Morgan fingerprint density at radius 3 is 1.94 bits per heavy atom. The molecule has 1 saturated heterocycles. The first-order chi connectivity index (χ1) is 7.69. The topological polar surface area (TPSA) is 66.4 Å². The van der Waals surface area contributed by atoms with Crippen LogP contribution in [0, 0.1) is 0 Å². The summed E-state index contributed by atoms with van der Waals surface area (Å²) in [5, 5.41) is 9.74. The van der Waals surface area contributed by atoms with E-state index in [2.05, 4.69) is 0 Å². The van der Waals surface area contributed by atoms with E-state index >= 15 is 0 Å². The van der Waals surface area contributed by atoms with Crippen molar-refractivity contribution in [3.63, 3.8) is 0 Å². The maximum Gasteiger partial charge on any atom is 0.184 e. The van der Waals surface area contributed by atoms with E-state index in [9.17, 15) is 5.11 Å². The monoisotopic (exact) mass is 236 g/mol. The molecule has 96 valence electrons. The van der Waals surface area contributed by atoms with E-state index in [0.717, 1.165) is 0 Å². The van der Waals surface area contributed by atoms with Gasteiger partial charge in [-0.1, -0.05) is 0 Å². The van der Waals surface area contributed by atoms with Crippen LogP contribution in [0.4, 0.5) is 0 Å². The highest BCUT2D eigenvalue weighted by Gasteiger charge is 2.46. The van der Waals surface area contributed by atoms with Crippen molar-refractivity contribution in [1.82, 2.24) is 0 Å². The first-order valence-corrected chi connectivity index (χ1v) is 5.10. The van der Waals surface area contributed by atoms with E-state index in [1.165, 1.54) is 7.11 Å². The van der Waals surface area contributed by atoms with Crippen LogP contribution >= 0.6 is 0 Å². The second-order valence-corrected chi connectivity index (χ2v) is 3.62. The molecule has 1 aliphatic rings. The molecule has 0 amide bonds. The molecule has 1 aliphatic heterocycles. The van der Waals surface area contributed by atoms with Gasteiger partial charge in [0.1, 0.15) is 24.4 Å². The van der Waals surface area contributed by atoms with Crippen LogP contribution in [0.15, 0.2) is 0 Å². The molecule has 0 aromatic rings. The lowest BCUT2D eigenvalue weighted by molar-refractivity contribution is -0.300. The third kappa shape index (κ3) is 2.71. The molecule has 0 bridgehead atoms. The van der Waals surface area contributed by atoms with E-state index in [0.29, 0.717) is 6.61 Å². The Bertz CT molecular complexity index is 200. The largest absolute Gasteiger partial charge is 0.382 e. The SMILES string of the molecule is COC[C@H]1O[C@H](O)[C@@H](OC)[C@@H](OC)[C@H]1OC. The average molecular weight is 236 g/mol. The summed E-state index contributed by atoms with van der Waals surface area (Å²) in [4.78, 5) is 0. The van der Waals surface area contributed by atoms with Crippen molar-refractivity contribution in [1.29, 1.82) is 0 Å². The van der Waals surface area contributed by atoms with Crippen molar-refractivity contribution in [2.75, 3.05) is 35.0 Å². The second-order valence-electron chi connectivity index (χ2n) is 3.62. The van der Waals surface area contributed by atoms with E-state index in [-0.39, 0.29) is 18.3 Å². The Morgan fingerprint density at radius 1 is 0.938 bits per heavy atom. The van der Waals surface area contributed by atoms with Gasteiger partial charge in [-0.2, -0.15) is 0 Å². The molecule has 0 radical (unpaired) electrons. The lowest BCUT2D eigenvalue weighted by Crippen LogP contribution is -2.60. The van der Waals surface area contributed by atoms with Gasteiger partial charge in [0, 0.05) is 28.4 Å². The number of aliphatic hydroxyl groups excluding tert-OH is 1. The predicted molar refractivity (Wildman–Crippen MR) is 55.1 cm³/mol. The summed E-state index contributed by atoms with van der Waals surface area (Å²) in [7, 11) is 6.16. The lowest BCUT2D eigenvalue weighted by atomic mass is 9.98. The molecule has 0 aliphatic carbocycles. The van der Waals surface area contributed by atoms with E-state index in [1.807, 2.05) is 0 Å². The third-order valence-corrected chi connectivity index (χ3v) is 2.76. The smallest absolute Gasteiger partial charge is 0.184 e. The van der Waals surface area contributed by atoms with Gasteiger partial charge >= 0.3 is 0 Å². The van der Waals surface area contributed by atoms with Crippen LogP contribution in [-0.4, -0.2) is 70.9 Å². The molecular weight excluding hydrogens is 216 g/mol. The maximum absolute atomic E-state index is 9.74. The second kappa shape index (κ2) is 6.48. The molecule has 16 heavy (non-hydrogen) atoms. The van der Waals surface area contributed by atoms with Gasteiger partial charge in [0.15, 0.2) is 6.29 Å². The highest BCUT2D eigenvalue weighted by Crippen LogP contribution is 2.25. The van der Waals surface area contributed by atoms with Crippen LogP contribution in [-0.2, 0) is 23.7 Å². The van der Waals surface area contributed by atoms with Gasteiger partial charge in [-0.3, -0.25) is 0 Å². The molecule has 1 fully saturated rings. The number of methoxy groups -OCH3 is 4. The summed E-state index contributed by atoms with van der Waals surface area (Å²) < 4.78 is 26.1. The standard InChI is InChI=1S/C10H20O6/c1-12-5-6-7(13-2)8(14-3)9(15-4)10(11)16-6/h6-11H,5H2,1-4H3/t6-,7+,8+,9+,10+/m1/s1. The molecule has 5 atom stereocenters. The first kappa shape index (κ1) is 13.8. The molecule has 1 rings (SSSR count). The van der Waals surface area contributed by atoms with Crippen molar-refractivity contribution in [2.24, 2.45) is 0 Å². The Hall–Kier alpha value is -0.240. The van der Waals surface area contributed by atoms with Gasteiger partial charge in [0.25, 0.3) is 0 Å². The molecule has 1 N–H and O–H groups in total. The van der Waals surface area contributed by atoms with Crippen molar-refractivity contribution in [3.8, 4) is 0 Å². The minimum atomic E-state index is -1.04. The summed E-state index contributed by atoms with van der Waals surface area (Å²) in [6.45, 7) is 0.325. The molecule has 0 unspecified atom stereocenters. The van der Waals surface area contributed by atoms with Crippen LogP contribution in [0.3, 0.4) is 0 Å². The van der Waals surface area contributed by atoms with Crippen LogP contribution in [0.1, 0.15) is 0 Å².